The summed E-state index contributed by atoms with van der Waals surface area (Å²) in [6, 6.07) is 21.7. The van der Waals surface area contributed by atoms with Crippen LogP contribution >= 0.6 is 0 Å². The first-order valence-corrected chi connectivity index (χ1v) is 8.10. The van der Waals surface area contributed by atoms with Gasteiger partial charge in [-0.1, -0.05) is 36.4 Å². The van der Waals surface area contributed by atoms with Gasteiger partial charge >= 0.3 is 12.3 Å². The summed E-state index contributed by atoms with van der Waals surface area (Å²) in [5.41, 5.74) is 0.588. The van der Waals surface area contributed by atoms with E-state index in [1.54, 1.807) is 61.5 Å². The summed E-state index contributed by atoms with van der Waals surface area (Å²) in [5.74, 6) is 1.31. The van der Waals surface area contributed by atoms with E-state index in [0.29, 0.717) is 22.8 Å². The SMILES string of the molecule is Cc1cc(OC(=O)Oc2ccccc2)ccc1OC(=O)Oc1ccccc1. The molecule has 0 spiro atoms. The second-order valence-corrected chi connectivity index (χ2v) is 5.46. The molecule has 0 aromatic heterocycles. The van der Waals surface area contributed by atoms with Gasteiger partial charge in [-0.25, -0.2) is 9.59 Å². The molecule has 136 valence electrons. The molecule has 27 heavy (non-hydrogen) atoms. The second kappa shape index (κ2) is 8.53. The van der Waals surface area contributed by atoms with Crippen molar-refractivity contribution in [3.8, 4) is 23.0 Å². The molecule has 6 nitrogen and oxygen atoms in total. The number of aryl methyl sites for hydroxylation is 1. The Hall–Kier alpha value is -3.80. The van der Waals surface area contributed by atoms with E-state index in [-0.39, 0.29) is 5.75 Å². The average Bonchev–Trinajstić information content (AvgIpc) is 2.65. The number of hydrogen-bond donors (Lipinski definition) is 0. The maximum atomic E-state index is 11.9. The molecule has 0 heterocycles. The smallest absolute Gasteiger partial charge is 0.395 e. The van der Waals surface area contributed by atoms with Gasteiger partial charge in [0, 0.05) is 0 Å². The molecule has 0 unspecified atom stereocenters. The van der Waals surface area contributed by atoms with Gasteiger partial charge in [0.25, 0.3) is 0 Å². The monoisotopic (exact) mass is 364 g/mol. The number of carbonyl (C=O) groups is 2. The fourth-order valence-electron chi connectivity index (χ4n) is 2.20. The van der Waals surface area contributed by atoms with Gasteiger partial charge in [-0.05, 0) is 55.0 Å². The van der Waals surface area contributed by atoms with Crippen LogP contribution < -0.4 is 18.9 Å². The summed E-state index contributed by atoms with van der Waals surface area (Å²) in [7, 11) is 0. The number of para-hydroxylation sites is 2. The fourth-order valence-corrected chi connectivity index (χ4v) is 2.20. The Balaban J connectivity index is 1.58. The van der Waals surface area contributed by atoms with Crippen LogP contribution in [0.2, 0.25) is 0 Å². The van der Waals surface area contributed by atoms with E-state index < -0.39 is 12.3 Å². The summed E-state index contributed by atoms with van der Waals surface area (Å²) < 4.78 is 20.4. The number of carbonyl (C=O) groups excluding carboxylic acids is 2. The lowest BCUT2D eigenvalue weighted by atomic mass is 10.2. The highest BCUT2D eigenvalue weighted by atomic mass is 16.7. The van der Waals surface area contributed by atoms with Crippen molar-refractivity contribution in [2.24, 2.45) is 0 Å². The molecule has 0 aliphatic carbocycles. The molecule has 3 aromatic rings. The molecule has 0 bridgehead atoms. The van der Waals surface area contributed by atoms with Gasteiger partial charge in [0.15, 0.2) is 0 Å². The zero-order chi connectivity index (χ0) is 19.1. The zero-order valence-electron chi connectivity index (χ0n) is 14.5. The van der Waals surface area contributed by atoms with Crippen LogP contribution in [0.5, 0.6) is 23.0 Å². The Morgan fingerprint density at radius 1 is 0.593 bits per heavy atom. The van der Waals surface area contributed by atoms with Gasteiger partial charge in [0.1, 0.15) is 23.0 Å². The molecule has 0 saturated heterocycles. The normalized spacial score (nSPS) is 9.96. The van der Waals surface area contributed by atoms with Crippen LogP contribution in [-0.2, 0) is 0 Å². The van der Waals surface area contributed by atoms with Crippen LogP contribution in [0.15, 0.2) is 78.9 Å². The molecule has 0 aliphatic rings. The molecule has 6 heteroatoms. The molecule has 0 aliphatic heterocycles. The van der Waals surface area contributed by atoms with E-state index in [9.17, 15) is 9.59 Å². The average molecular weight is 364 g/mol. The lowest BCUT2D eigenvalue weighted by Gasteiger charge is -2.10. The van der Waals surface area contributed by atoms with Crippen LogP contribution in [0.3, 0.4) is 0 Å². The van der Waals surface area contributed by atoms with E-state index in [1.807, 2.05) is 12.1 Å². The molecule has 0 atom stereocenters. The summed E-state index contributed by atoms with van der Waals surface area (Å²) >= 11 is 0. The molecule has 3 aromatic carbocycles. The summed E-state index contributed by atoms with van der Waals surface area (Å²) in [6.45, 7) is 1.71. The van der Waals surface area contributed by atoms with Gasteiger partial charge in [0.2, 0.25) is 0 Å². The van der Waals surface area contributed by atoms with E-state index in [0.717, 1.165) is 0 Å². The standard InChI is InChI=1S/C21H16O6/c1-15-14-18(26-20(22)24-16-8-4-2-5-9-16)12-13-19(15)27-21(23)25-17-10-6-3-7-11-17/h2-14H,1H3. The number of ether oxygens (including phenoxy) is 4. The summed E-state index contributed by atoms with van der Waals surface area (Å²) in [6.07, 6.45) is -1.72. The number of hydrogen-bond acceptors (Lipinski definition) is 6. The summed E-state index contributed by atoms with van der Waals surface area (Å²) in [5, 5.41) is 0. The van der Waals surface area contributed by atoms with Crippen LogP contribution in [0, 0.1) is 6.92 Å². The highest BCUT2D eigenvalue weighted by molar-refractivity contribution is 5.69. The van der Waals surface area contributed by atoms with Crippen molar-refractivity contribution in [2.45, 2.75) is 6.92 Å². The van der Waals surface area contributed by atoms with Crippen molar-refractivity contribution in [1.82, 2.24) is 0 Å². The Kier molecular flexibility index (Phi) is 5.69. The van der Waals surface area contributed by atoms with E-state index in [4.69, 9.17) is 18.9 Å². The van der Waals surface area contributed by atoms with Gasteiger partial charge in [-0.2, -0.15) is 0 Å². The van der Waals surface area contributed by atoms with Crippen LogP contribution in [0.1, 0.15) is 5.56 Å². The second-order valence-electron chi connectivity index (χ2n) is 5.46. The van der Waals surface area contributed by atoms with Crippen molar-refractivity contribution in [2.75, 3.05) is 0 Å². The molecule has 0 N–H and O–H groups in total. The van der Waals surface area contributed by atoms with Gasteiger partial charge in [0.05, 0.1) is 0 Å². The predicted molar refractivity (Wildman–Crippen MR) is 97.4 cm³/mol. The minimum atomic E-state index is -0.863. The molecular formula is C21H16O6. The first-order chi connectivity index (χ1) is 13.1. The highest BCUT2D eigenvalue weighted by Gasteiger charge is 2.13. The fraction of sp³-hybridized carbons (Fsp3) is 0.0476. The minimum Gasteiger partial charge on any atom is -0.395 e. The van der Waals surface area contributed by atoms with Crippen molar-refractivity contribution < 1.29 is 28.5 Å². The lowest BCUT2D eigenvalue weighted by Crippen LogP contribution is -2.15. The molecule has 0 fully saturated rings. The Labute approximate surface area is 155 Å². The zero-order valence-corrected chi connectivity index (χ0v) is 14.5. The minimum absolute atomic E-state index is 0.261. The largest absolute Gasteiger partial charge is 0.519 e. The third kappa shape index (κ3) is 5.34. The van der Waals surface area contributed by atoms with Crippen LogP contribution in [-0.4, -0.2) is 12.3 Å². The maximum Gasteiger partial charge on any atom is 0.519 e. The van der Waals surface area contributed by atoms with Crippen molar-refractivity contribution in [3.63, 3.8) is 0 Å². The van der Waals surface area contributed by atoms with Crippen LogP contribution in [0.25, 0.3) is 0 Å². The molecule has 0 saturated carbocycles. The third-order valence-corrected chi connectivity index (χ3v) is 3.43. The quantitative estimate of drug-likeness (QED) is 0.471. The third-order valence-electron chi connectivity index (χ3n) is 3.43. The Morgan fingerprint density at radius 2 is 1.07 bits per heavy atom. The van der Waals surface area contributed by atoms with Gasteiger partial charge < -0.3 is 18.9 Å². The lowest BCUT2D eigenvalue weighted by molar-refractivity contribution is 0.149. The Bertz CT molecular complexity index is 922. The van der Waals surface area contributed by atoms with E-state index >= 15 is 0 Å². The van der Waals surface area contributed by atoms with Crippen LogP contribution in [0.4, 0.5) is 9.59 Å². The summed E-state index contributed by atoms with van der Waals surface area (Å²) in [4.78, 5) is 23.7. The molecule has 0 amide bonds. The first-order valence-electron chi connectivity index (χ1n) is 8.10. The number of benzene rings is 3. The molecule has 3 rings (SSSR count). The van der Waals surface area contributed by atoms with Crippen molar-refractivity contribution in [1.29, 1.82) is 0 Å². The van der Waals surface area contributed by atoms with E-state index in [1.165, 1.54) is 12.1 Å². The molecular weight excluding hydrogens is 348 g/mol. The van der Waals surface area contributed by atoms with Gasteiger partial charge in [-0.3, -0.25) is 0 Å². The first kappa shape index (κ1) is 18.0. The predicted octanol–water partition coefficient (Wildman–Crippen LogP) is 5.15. The van der Waals surface area contributed by atoms with Gasteiger partial charge in [-0.15, -0.1) is 0 Å². The molecule has 0 radical (unpaired) electrons. The van der Waals surface area contributed by atoms with Crippen molar-refractivity contribution in [3.05, 3.63) is 84.4 Å². The highest BCUT2D eigenvalue weighted by Crippen LogP contribution is 2.24. The topological polar surface area (TPSA) is 71.1 Å². The Morgan fingerprint density at radius 3 is 1.59 bits per heavy atom. The van der Waals surface area contributed by atoms with Crippen molar-refractivity contribution >= 4 is 12.3 Å². The maximum absolute atomic E-state index is 11.9. The van der Waals surface area contributed by atoms with E-state index in [2.05, 4.69) is 0 Å². The number of rotatable bonds is 4.